The Hall–Kier alpha value is -1.05. The van der Waals surface area contributed by atoms with Gasteiger partial charge in [-0.05, 0) is 30.7 Å². The third-order valence-corrected chi connectivity index (χ3v) is 5.09. The Bertz CT molecular complexity index is 543. The highest BCUT2D eigenvalue weighted by molar-refractivity contribution is 14.0. The molecule has 0 unspecified atom stereocenters. The van der Waals surface area contributed by atoms with E-state index in [2.05, 4.69) is 20.2 Å². The fourth-order valence-corrected chi connectivity index (χ4v) is 3.90. The molecule has 6 heteroatoms. The summed E-state index contributed by atoms with van der Waals surface area (Å²) < 4.78 is 5.31. The molecule has 0 aromatic carbocycles. The van der Waals surface area contributed by atoms with Crippen LogP contribution in [0.15, 0.2) is 23.3 Å². The van der Waals surface area contributed by atoms with Crippen LogP contribution in [0.2, 0.25) is 0 Å². The second-order valence-electron chi connectivity index (χ2n) is 6.45. The van der Waals surface area contributed by atoms with Gasteiger partial charge < -0.3 is 15.0 Å². The zero-order valence-electron chi connectivity index (χ0n) is 14.0. The summed E-state index contributed by atoms with van der Waals surface area (Å²) in [5, 5.41) is 3.46. The first-order valence-corrected chi connectivity index (χ1v) is 8.20. The first-order valence-electron chi connectivity index (χ1n) is 8.20. The average Bonchev–Trinajstić information content (AvgIpc) is 3.19. The van der Waals surface area contributed by atoms with E-state index in [0.717, 1.165) is 24.6 Å². The molecule has 1 saturated carbocycles. The minimum Gasteiger partial charge on any atom is -0.481 e. The highest BCUT2D eigenvalue weighted by atomic mass is 127. The first kappa shape index (κ1) is 18.3. The van der Waals surface area contributed by atoms with Crippen molar-refractivity contribution >= 4 is 29.9 Å². The van der Waals surface area contributed by atoms with E-state index in [0.29, 0.717) is 17.8 Å². The summed E-state index contributed by atoms with van der Waals surface area (Å²) in [5.41, 5.74) is 1.62. The molecule has 2 fully saturated rings. The third kappa shape index (κ3) is 4.08. The smallest absolute Gasteiger partial charge is 0.218 e. The molecule has 23 heavy (non-hydrogen) atoms. The van der Waals surface area contributed by atoms with Gasteiger partial charge in [-0.25, -0.2) is 4.98 Å². The van der Waals surface area contributed by atoms with Gasteiger partial charge in [0.15, 0.2) is 5.96 Å². The highest BCUT2D eigenvalue weighted by Gasteiger charge is 2.41. The van der Waals surface area contributed by atoms with Crippen molar-refractivity contribution < 1.29 is 4.74 Å². The minimum absolute atomic E-state index is 0. The van der Waals surface area contributed by atoms with E-state index in [1.54, 1.807) is 13.3 Å². The van der Waals surface area contributed by atoms with Crippen LogP contribution in [0, 0.1) is 5.41 Å². The van der Waals surface area contributed by atoms with Crippen LogP contribution in [0.3, 0.4) is 0 Å². The van der Waals surface area contributed by atoms with E-state index in [9.17, 15) is 0 Å². The van der Waals surface area contributed by atoms with Gasteiger partial charge in [0.25, 0.3) is 0 Å². The maximum atomic E-state index is 5.31. The van der Waals surface area contributed by atoms with Gasteiger partial charge in [-0.15, -0.1) is 24.0 Å². The van der Waals surface area contributed by atoms with Crippen LogP contribution in [0.5, 0.6) is 5.88 Å². The van der Waals surface area contributed by atoms with Crippen molar-refractivity contribution in [3.05, 3.63) is 23.9 Å². The van der Waals surface area contributed by atoms with Gasteiger partial charge in [-0.1, -0.05) is 18.9 Å². The number of nitrogens with one attached hydrogen (secondary N) is 1. The summed E-state index contributed by atoms with van der Waals surface area (Å²) in [7, 11) is 3.52. The van der Waals surface area contributed by atoms with Crippen LogP contribution in [0.1, 0.15) is 37.7 Å². The summed E-state index contributed by atoms with van der Waals surface area (Å²) in [4.78, 5) is 11.1. The molecule has 2 aliphatic rings. The number of aromatic nitrogens is 1. The molecule has 2 heterocycles. The van der Waals surface area contributed by atoms with E-state index < -0.39 is 0 Å². The number of likely N-dealkylation sites (tertiary alicyclic amines) is 1. The molecule has 3 rings (SSSR count). The Morgan fingerprint density at radius 2 is 2.17 bits per heavy atom. The van der Waals surface area contributed by atoms with E-state index in [4.69, 9.17) is 4.74 Å². The highest BCUT2D eigenvalue weighted by Crippen LogP contribution is 2.45. The van der Waals surface area contributed by atoms with Crippen molar-refractivity contribution in [2.24, 2.45) is 10.4 Å². The summed E-state index contributed by atoms with van der Waals surface area (Å²) in [6.45, 7) is 2.95. The molecule has 1 N–H and O–H groups in total. The first-order chi connectivity index (χ1) is 10.8. The number of hydrogen-bond acceptors (Lipinski definition) is 3. The lowest BCUT2D eigenvalue weighted by molar-refractivity contribution is 0.309. The fourth-order valence-electron chi connectivity index (χ4n) is 3.90. The molecule has 0 bridgehead atoms. The maximum absolute atomic E-state index is 5.31. The molecule has 1 spiro atoms. The van der Waals surface area contributed by atoms with Crippen molar-refractivity contribution in [3.63, 3.8) is 0 Å². The zero-order valence-corrected chi connectivity index (χ0v) is 16.4. The van der Waals surface area contributed by atoms with Gasteiger partial charge in [0.05, 0.1) is 7.11 Å². The van der Waals surface area contributed by atoms with Crippen LogP contribution in [0.25, 0.3) is 0 Å². The average molecular weight is 430 g/mol. The van der Waals surface area contributed by atoms with Crippen molar-refractivity contribution in [2.45, 2.75) is 38.6 Å². The second-order valence-corrected chi connectivity index (χ2v) is 6.45. The van der Waals surface area contributed by atoms with Gasteiger partial charge in [0.2, 0.25) is 5.88 Å². The lowest BCUT2D eigenvalue weighted by Crippen LogP contribution is -2.40. The molecular formula is C17H27IN4O. The number of ether oxygens (including phenoxy) is 1. The molecule has 1 aliphatic heterocycles. The van der Waals surface area contributed by atoms with Gasteiger partial charge in [-0.2, -0.15) is 0 Å². The zero-order chi connectivity index (χ0) is 15.4. The van der Waals surface area contributed by atoms with Gasteiger partial charge in [0, 0.05) is 38.4 Å². The van der Waals surface area contributed by atoms with E-state index >= 15 is 0 Å². The number of nitrogens with zero attached hydrogens (tertiary/aromatic N) is 3. The normalized spacial score (nSPS) is 19.7. The Morgan fingerprint density at radius 3 is 2.87 bits per heavy atom. The van der Waals surface area contributed by atoms with Crippen molar-refractivity contribution in [1.29, 1.82) is 0 Å². The second kappa shape index (κ2) is 8.17. The summed E-state index contributed by atoms with van der Waals surface area (Å²) in [6, 6.07) is 3.97. The Morgan fingerprint density at radius 1 is 1.39 bits per heavy atom. The van der Waals surface area contributed by atoms with E-state index in [1.165, 1.54) is 32.1 Å². The Kier molecular flexibility index (Phi) is 6.50. The van der Waals surface area contributed by atoms with Crippen LogP contribution in [0.4, 0.5) is 0 Å². The quantitative estimate of drug-likeness (QED) is 0.455. The monoisotopic (exact) mass is 430 g/mol. The van der Waals surface area contributed by atoms with Crippen LogP contribution >= 0.6 is 24.0 Å². The molecule has 1 saturated heterocycles. The van der Waals surface area contributed by atoms with Crippen molar-refractivity contribution in [1.82, 2.24) is 15.2 Å². The minimum atomic E-state index is 0. The fraction of sp³-hybridized carbons (Fsp3) is 0.647. The molecule has 1 aromatic rings. The molecule has 1 aliphatic carbocycles. The van der Waals surface area contributed by atoms with Crippen LogP contribution < -0.4 is 10.1 Å². The number of methoxy groups -OCH3 is 1. The molecule has 0 radical (unpaired) electrons. The van der Waals surface area contributed by atoms with Gasteiger partial charge in [0.1, 0.15) is 0 Å². The number of pyridine rings is 1. The summed E-state index contributed by atoms with van der Waals surface area (Å²) in [6.07, 6.45) is 8.62. The molecular weight excluding hydrogens is 403 g/mol. The SMILES string of the molecule is CN=C(NCc1cccnc1OC)N1CCC2(CCCC2)C1.I. The largest absolute Gasteiger partial charge is 0.481 e. The lowest BCUT2D eigenvalue weighted by Gasteiger charge is -2.26. The lowest BCUT2D eigenvalue weighted by atomic mass is 9.86. The van der Waals surface area contributed by atoms with Gasteiger partial charge >= 0.3 is 0 Å². The molecule has 0 amide bonds. The molecule has 1 aromatic heterocycles. The molecule has 128 valence electrons. The third-order valence-electron chi connectivity index (χ3n) is 5.09. The number of hydrogen-bond donors (Lipinski definition) is 1. The molecule has 5 nitrogen and oxygen atoms in total. The number of rotatable bonds is 3. The van der Waals surface area contributed by atoms with E-state index in [1.807, 2.05) is 19.2 Å². The summed E-state index contributed by atoms with van der Waals surface area (Å²) in [5.74, 6) is 1.67. The van der Waals surface area contributed by atoms with Crippen LogP contribution in [-0.2, 0) is 6.54 Å². The van der Waals surface area contributed by atoms with Gasteiger partial charge in [-0.3, -0.25) is 4.99 Å². The molecule has 0 atom stereocenters. The number of halogens is 1. The van der Waals surface area contributed by atoms with Crippen molar-refractivity contribution in [3.8, 4) is 5.88 Å². The number of aliphatic imine (C=N–C) groups is 1. The predicted molar refractivity (Wildman–Crippen MR) is 103 cm³/mol. The van der Waals surface area contributed by atoms with Crippen LogP contribution in [-0.4, -0.2) is 43.1 Å². The standard InChI is InChI=1S/C17H26N4O.HI/c1-18-16(20-12-14-6-5-10-19-15(14)22-2)21-11-9-17(13-21)7-3-4-8-17;/h5-6,10H,3-4,7-9,11-13H2,1-2H3,(H,18,20);1H. The number of guanidine groups is 1. The Labute approximate surface area is 155 Å². The Balaban J connectivity index is 0.00000192. The summed E-state index contributed by atoms with van der Waals surface area (Å²) >= 11 is 0. The maximum Gasteiger partial charge on any atom is 0.218 e. The van der Waals surface area contributed by atoms with E-state index in [-0.39, 0.29) is 24.0 Å². The topological polar surface area (TPSA) is 49.8 Å². The van der Waals surface area contributed by atoms with Crippen molar-refractivity contribution in [2.75, 3.05) is 27.2 Å². The predicted octanol–water partition coefficient (Wildman–Crippen LogP) is 3.05.